The molecule has 2 nitrogen and oxygen atoms in total. The van der Waals surface area contributed by atoms with Gasteiger partial charge in [0.15, 0.2) is 0 Å². The lowest BCUT2D eigenvalue weighted by atomic mass is 10.2. The summed E-state index contributed by atoms with van der Waals surface area (Å²) in [5.41, 5.74) is 0.370. The molecule has 1 aromatic carbocycles. The molecule has 0 aliphatic heterocycles. The van der Waals surface area contributed by atoms with Gasteiger partial charge in [-0.05, 0) is 31.0 Å². The molecule has 0 N–H and O–H groups in total. The van der Waals surface area contributed by atoms with E-state index >= 15 is 0 Å². The Hall–Kier alpha value is -1.09. The van der Waals surface area contributed by atoms with Crippen molar-refractivity contribution in [2.24, 2.45) is 0 Å². The number of nitrogens with zero attached hydrogens (tertiary/aromatic N) is 1. The molecule has 0 spiro atoms. The van der Waals surface area contributed by atoms with Gasteiger partial charge in [0.2, 0.25) is 0 Å². The van der Waals surface area contributed by atoms with Gasteiger partial charge in [0, 0.05) is 13.1 Å². The van der Waals surface area contributed by atoms with Gasteiger partial charge in [-0.25, -0.2) is 4.39 Å². The molecule has 0 aliphatic rings. The molecule has 0 heterocycles. The number of hydrogen-bond donors (Lipinski definition) is 0. The number of benzene rings is 1. The van der Waals surface area contributed by atoms with E-state index in [1.165, 1.54) is 18.2 Å². The summed E-state index contributed by atoms with van der Waals surface area (Å²) in [4.78, 5) is 13.9. The fourth-order valence-electron chi connectivity index (χ4n) is 1.69. The summed E-state index contributed by atoms with van der Waals surface area (Å²) in [6, 6.07) is 3.87. The minimum atomic E-state index is -0.427. The Balaban J connectivity index is 2.92. The normalized spacial score (nSPS) is 10.4. The van der Waals surface area contributed by atoms with Gasteiger partial charge < -0.3 is 4.90 Å². The maximum Gasteiger partial charge on any atom is 0.255 e. The van der Waals surface area contributed by atoms with E-state index < -0.39 is 5.82 Å². The first kappa shape index (κ1) is 14.0. The Morgan fingerprint density at radius 2 is 1.88 bits per heavy atom. The van der Waals surface area contributed by atoms with E-state index in [1.54, 1.807) is 4.90 Å². The van der Waals surface area contributed by atoms with Crippen molar-refractivity contribution in [3.05, 3.63) is 34.6 Å². The Labute approximate surface area is 106 Å². The third-order valence-corrected chi connectivity index (χ3v) is 2.75. The Morgan fingerprint density at radius 3 is 2.35 bits per heavy atom. The molecule has 0 radical (unpaired) electrons. The van der Waals surface area contributed by atoms with E-state index in [1.807, 2.05) is 13.8 Å². The minimum Gasteiger partial charge on any atom is -0.339 e. The van der Waals surface area contributed by atoms with E-state index in [0.29, 0.717) is 18.7 Å². The van der Waals surface area contributed by atoms with Gasteiger partial charge in [0.25, 0.3) is 5.91 Å². The average molecular weight is 258 g/mol. The average Bonchev–Trinajstić information content (AvgIpc) is 2.28. The zero-order valence-electron chi connectivity index (χ0n) is 10.2. The molecule has 0 saturated heterocycles. The molecule has 17 heavy (non-hydrogen) atoms. The summed E-state index contributed by atoms with van der Waals surface area (Å²) >= 11 is 5.88. The van der Waals surface area contributed by atoms with Gasteiger partial charge in [-0.3, -0.25) is 4.79 Å². The van der Waals surface area contributed by atoms with Crippen LogP contribution >= 0.6 is 11.6 Å². The summed E-state index contributed by atoms with van der Waals surface area (Å²) in [6.45, 7) is 5.42. The second-order valence-electron chi connectivity index (χ2n) is 3.92. The van der Waals surface area contributed by atoms with Gasteiger partial charge >= 0.3 is 0 Å². The Kier molecular flexibility index (Phi) is 5.42. The van der Waals surface area contributed by atoms with Crippen LogP contribution in [0.3, 0.4) is 0 Å². The van der Waals surface area contributed by atoms with Crippen molar-refractivity contribution in [2.45, 2.75) is 26.7 Å². The van der Waals surface area contributed by atoms with Crippen LogP contribution in [0.15, 0.2) is 18.2 Å². The number of amides is 1. The zero-order chi connectivity index (χ0) is 12.8. The third-order valence-electron chi connectivity index (χ3n) is 2.44. The second kappa shape index (κ2) is 6.60. The molecule has 1 rings (SSSR count). The predicted octanol–water partition coefficient (Wildman–Crippen LogP) is 3.74. The lowest BCUT2D eigenvalue weighted by molar-refractivity contribution is 0.0755. The standard InChI is InChI=1S/C13H17ClFNO/c1-3-7-16(8-4-2)13(17)11-6-5-10(15)9-12(11)14/h5-6,9H,3-4,7-8H2,1-2H3. The largest absolute Gasteiger partial charge is 0.339 e. The SMILES string of the molecule is CCCN(CCC)C(=O)c1ccc(F)cc1Cl. The molecular weight excluding hydrogens is 241 g/mol. The van der Waals surface area contributed by atoms with Gasteiger partial charge in [-0.15, -0.1) is 0 Å². The highest BCUT2D eigenvalue weighted by Gasteiger charge is 2.17. The molecule has 4 heteroatoms. The maximum atomic E-state index is 12.9. The molecule has 0 saturated carbocycles. The van der Waals surface area contributed by atoms with Crippen molar-refractivity contribution in [3.8, 4) is 0 Å². The quantitative estimate of drug-likeness (QED) is 0.787. The van der Waals surface area contributed by atoms with Crippen molar-refractivity contribution in [2.75, 3.05) is 13.1 Å². The molecular formula is C13H17ClFNO. The lowest BCUT2D eigenvalue weighted by Gasteiger charge is -2.22. The second-order valence-corrected chi connectivity index (χ2v) is 4.32. The number of halogens is 2. The molecule has 94 valence electrons. The molecule has 0 aliphatic carbocycles. The first-order valence-corrected chi connectivity index (χ1v) is 6.22. The molecule has 1 amide bonds. The van der Waals surface area contributed by atoms with Gasteiger partial charge in [-0.1, -0.05) is 25.4 Å². The van der Waals surface area contributed by atoms with Crippen LogP contribution in [0.25, 0.3) is 0 Å². The lowest BCUT2D eigenvalue weighted by Crippen LogP contribution is -2.32. The topological polar surface area (TPSA) is 20.3 Å². The summed E-state index contributed by atoms with van der Waals surface area (Å²) in [7, 11) is 0. The van der Waals surface area contributed by atoms with E-state index in [4.69, 9.17) is 11.6 Å². The van der Waals surface area contributed by atoms with E-state index in [2.05, 4.69) is 0 Å². The van der Waals surface area contributed by atoms with E-state index in [0.717, 1.165) is 12.8 Å². The van der Waals surface area contributed by atoms with Crippen LogP contribution in [-0.2, 0) is 0 Å². The van der Waals surface area contributed by atoms with E-state index in [9.17, 15) is 9.18 Å². The van der Waals surface area contributed by atoms with Crippen LogP contribution in [0.4, 0.5) is 4.39 Å². The van der Waals surface area contributed by atoms with Crippen molar-refractivity contribution in [1.82, 2.24) is 4.90 Å². The smallest absolute Gasteiger partial charge is 0.255 e. The Bertz CT molecular complexity index is 389. The summed E-state index contributed by atoms with van der Waals surface area (Å²) in [6.07, 6.45) is 1.79. The number of carbonyl (C=O) groups excluding carboxylic acids is 1. The highest BCUT2D eigenvalue weighted by Crippen LogP contribution is 2.19. The fraction of sp³-hybridized carbons (Fsp3) is 0.462. The minimum absolute atomic E-state index is 0.126. The molecule has 1 aromatic rings. The van der Waals surface area contributed by atoms with Crippen molar-refractivity contribution >= 4 is 17.5 Å². The first-order chi connectivity index (χ1) is 8.10. The number of rotatable bonds is 5. The third kappa shape index (κ3) is 3.70. The summed E-state index contributed by atoms with van der Waals surface area (Å²) < 4.78 is 12.9. The maximum absolute atomic E-state index is 12.9. The molecule has 0 unspecified atom stereocenters. The van der Waals surface area contributed by atoms with Crippen LogP contribution in [0.2, 0.25) is 5.02 Å². The van der Waals surface area contributed by atoms with Gasteiger partial charge in [0.1, 0.15) is 5.82 Å². The van der Waals surface area contributed by atoms with Crippen LogP contribution < -0.4 is 0 Å². The van der Waals surface area contributed by atoms with Crippen molar-refractivity contribution < 1.29 is 9.18 Å². The zero-order valence-corrected chi connectivity index (χ0v) is 10.9. The van der Waals surface area contributed by atoms with Crippen LogP contribution in [0.5, 0.6) is 0 Å². The van der Waals surface area contributed by atoms with Crippen molar-refractivity contribution in [1.29, 1.82) is 0 Å². The highest BCUT2D eigenvalue weighted by atomic mass is 35.5. The molecule has 0 aromatic heterocycles. The van der Waals surface area contributed by atoms with Gasteiger partial charge in [0.05, 0.1) is 10.6 Å². The molecule has 0 bridgehead atoms. The van der Waals surface area contributed by atoms with Crippen LogP contribution in [-0.4, -0.2) is 23.9 Å². The summed E-state index contributed by atoms with van der Waals surface area (Å²) in [5.74, 6) is -0.553. The van der Waals surface area contributed by atoms with Gasteiger partial charge in [-0.2, -0.15) is 0 Å². The molecule has 0 fully saturated rings. The summed E-state index contributed by atoms with van der Waals surface area (Å²) in [5, 5.41) is 0.173. The monoisotopic (exact) mass is 257 g/mol. The molecule has 0 atom stereocenters. The Morgan fingerprint density at radius 1 is 1.29 bits per heavy atom. The van der Waals surface area contributed by atoms with Crippen molar-refractivity contribution in [3.63, 3.8) is 0 Å². The highest BCUT2D eigenvalue weighted by molar-refractivity contribution is 6.33. The van der Waals surface area contributed by atoms with E-state index in [-0.39, 0.29) is 10.9 Å². The fourth-order valence-corrected chi connectivity index (χ4v) is 1.94. The van der Waals surface area contributed by atoms with Crippen LogP contribution in [0.1, 0.15) is 37.0 Å². The number of hydrogen-bond acceptors (Lipinski definition) is 1. The van der Waals surface area contributed by atoms with Crippen LogP contribution in [0, 0.1) is 5.82 Å². The predicted molar refractivity (Wildman–Crippen MR) is 67.9 cm³/mol. The first-order valence-electron chi connectivity index (χ1n) is 5.84. The number of carbonyl (C=O) groups is 1.